The highest BCUT2D eigenvalue weighted by molar-refractivity contribution is 6.01. The minimum Gasteiger partial charge on any atom is -0.466 e. The number of esters is 1. The fourth-order valence-corrected chi connectivity index (χ4v) is 7.44. The molecule has 4 atom stereocenters. The Labute approximate surface area is 211 Å². The summed E-state index contributed by atoms with van der Waals surface area (Å²) in [4.78, 5) is 37.6. The fraction of sp³-hybridized carbons (Fsp3) is 0.581. The van der Waals surface area contributed by atoms with E-state index >= 15 is 0 Å². The van der Waals surface area contributed by atoms with E-state index in [0.29, 0.717) is 30.1 Å². The number of carbonyl (C=O) groups excluding carboxylic acids is 3. The molecular formula is C31H42O4. The number of ether oxygens (including phenoxy) is 1. The van der Waals surface area contributed by atoms with E-state index in [1.54, 1.807) is 13.0 Å². The molecule has 35 heavy (non-hydrogen) atoms. The van der Waals surface area contributed by atoms with E-state index in [-0.39, 0.29) is 33.9 Å². The number of Topliss-reactive ketones (excluding diaryl/α,β-unsaturated/α-hetero) is 2. The molecule has 0 radical (unpaired) electrons. The van der Waals surface area contributed by atoms with E-state index < -0.39 is 0 Å². The van der Waals surface area contributed by atoms with Crippen molar-refractivity contribution in [2.24, 2.45) is 28.1 Å². The Balaban J connectivity index is 1.83. The largest absolute Gasteiger partial charge is 0.466 e. The molecule has 0 aromatic rings. The summed E-state index contributed by atoms with van der Waals surface area (Å²) in [5.74, 6) is 0.955. The van der Waals surface area contributed by atoms with Gasteiger partial charge >= 0.3 is 5.97 Å². The zero-order valence-corrected chi connectivity index (χ0v) is 22.8. The van der Waals surface area contributed by atoms with Crippen LogP contribution in [0.4, 0.5) is 0 Å². The second kappa shape index (κ2) is 9.87. The lowest BCUT2D eigenvalue weighted by Gasteiger charge is -2.60. The second-order valence-corrected chi connectivity index (χ2v) is 11.9. The molecule has 3 rings (SSSR count). The van der Waals surface area contributed by atoms with Crippen LogP contribution in [0.25, 0.3) is 0 Å². The van der Waals surface area contributed by atoms with Crippen molar-refractivity contribution >= 4 is 17.5 Å². The number of hydrogen-bond acceptors (Lipinski definition) is 4. The number of carbonyl (C=O) groups is 3. The van der Waals surface area contributed by atoms with Gasteiger partial charge in [0, 0.05) is 34.8 Å². The van der Waals surface area contributed by atoms with Gasteiger partial charge in [0.1, 0.15) is 5.78 Å². The third-order valence-corrected chi connectivity index (χ3v) is 9.35. The van der Waals surface area contributed by atoms with Crippen LogP contribution in [-0.2, 0) is 19.1 Å². The number of ketones is 2. The van der Waals surface area contributed by atoms with Gasteiger partial charge in [0.2, 0.25) is 0 Å². The van der Waals surface area contributed by atoms with Crippen molar-refractivity contribution in [1.29, 1.82) is 0 Å². The van der Waals surface area contributed by atoms with Crippen LogP contribution in [0.2, 0.25) is 0 Å². The molecule has 3 saturated carbocycles. The molecule has 0 aliphatic heterocycles. The molecule has 0 bridgehead atoms. The summed E-state index contributed by atoms with van der Waals surface area (Å²) in [5.41, 5.74) is 3.19. The summed E-state index contributed by atoms with van der Waals surface area (Å²) in [6.45, 7) is 14.7. The molecule has 0 aromatic carbocycles. The first-order chi connectivity index (χ1) is 16.3. The molecule has 4 nitrogen and oxygen atoms in total. The summed E-state index contributed by atoms with van der Waals surface area (Å²) in [5, 5.41) is 0. The van der Waals surface area contributed by atoms with Crippen LogP contribution in [0.3, 0.4) is 0 Å². The maximum atomic E-state index is 13.4. The second-order valence-electron chi connectivity index (χ2n) is 11.9. The first-order valence-corrected chi connectivity index (χ1v) is 12.8. The Hall–Kier alpha value is -2.49. The van der Waals surface area contributed by atoms with Crippen molar-refractivity contribution in [2.75, 3.05) is 7.11 Å². The topological polar surface area (TPSA) is 60.4 Å². The molecule has 3 aliphatic carbocycles. The van der Waals surface area contributed by atoms with E-state index in [1.807, 2.05) is 31.2 Å². The summed E-state index contributed by atoms with van der Waals surface area (Å²) in [6.07, 6.45) is 15.6. The number of rotatable bonds is 5. The first kappa shape index (κ1) is 27.1. The van der Waals surface area contributed by atoms with E-state index in [4.69, 9.17) is 4.74 Å². The van der Waals surface area contributed by atoms with E-state index in [2.05, 4.69) is 40.7 Å². The zero-order valence-electron chi connectivity index (χ0n) is 22.8. The molecule has 3 fully saturated rings. The lowest BCUT2D eigenvalue weighted by Crippen LogP contribution is -2.56. The van der Waals surface area contributed by atoms with Gasteiger partial charge in [0.05, 0.1) is 7.11 Å². The van der Waals surface area contributed by atoms with Crippen molar-refractivity contribution in [1.82, 2.24) is 0 Å². The maximum absolute atomic E-state index is 13.4. The van der Waals surface area contributed by atoms with Crippen molar-refractivity contribution in [3.63, 3.8) is 0 Å². The standard InChI is InChI=1S/C31H42O4/c1-20(12-10-14-22(3)28(34)35-8)11-9-13-21(2)27-23(32)19-25-30(6)18-16-26(33)29(4,5)24(30)15-17-31(25,27)7/h9-14,24-25H,15-19H2,1-8H3/b12-10+,13-9+,20-11+,22-14+,27-21+/t24-,25-,30-,31-/m0/s1. The van der Waals surface area contributed by atoms with Crippen LogP contribution in [0, 0.1) is 28.1 Å². The highest BCUT2D eigenvalue weighted by atomic mass is 16.5. The van der Waals surface area contributed by atoms with Gasteiger partial charge in [0.25, 0.3) is 0 Å². The quantitative estimate of drug-likeness (QED) is 0.245. The predicted molar refractivity (Wildman–Crippen MR) is 141 cm³/mol. The summed E-state index contributed by atoms with van der Waals surface area (Å²) < 4.78 is 4.70. The van der Waals surface area contributed by atoms with Crippen molar-refractivity contribution in [3.05, 3.63) is 58.7 Å². The zero-order chi connectivity index (χ0) is 26.2. The smallest absolute Gasteiger partial charge is 0.333 e. The van der Waals surface area contributed by atoms with Crippen molar-refractivity contribution in [3.8, 4) is 0 Å². The number of fused-ring (bicyclic) bond motifs is 3. The molecule has 0 heterocycles. The van der Waals surface area contributed by atoms with Crippen LogP contribution in [0.15, 0.2) is 58.7 Å². The Morgan fingerprint density at radius 3 is 2.26 bits per heavy atom. The highest BCUT2D eigenvalue weighted by Gasteiger charge is 2.64. The Kier molecular flexibility index (Phi) is 7.64. The van der Waals surface area contributed by atoms with E-state index in [0.717, 1.165) is 36.0 Å². The van der Waals surface area contributed by atoms with Crippen molar-refractivity contribution in [2.45, 2.75) is 80.6 Å². The van der Waals surface area contributed by atoms with Crippen molar-refractivity contribution < 1.29 is 19.1 Å². The van der Waals surface area contributed by atoms with Crippen LogP contribution < -0.4 is 0 Å². The fourth-order valence-electron chi connectivity index (χ4n) is 7.44. The van der Waals surface area contributed by atoms with Gasteiger partial charge in [-0.3, -0.25) is 9.59 Å². The molecule has 0 N–H and O–H groups in total. The minimum absolute atomic E-state index is 0.0168. The van der Waals surface area contributed by atoms with E-state index in [9.17, 15) is 14.4 Å². The van der Waals surface area contributed by atoms with Crippen LogP contribution in [0.1, 0.15) is 80.6 Å². The monoisotopic (exact) mass is 478 g/mol. The lowest BCUT2D eigenvalue weighted by molar-refractivity contribution is -0.154. The normalized spacial score (nSPS) is 34.9. The third-order valence-electron chi connectivity index (χ3n) is 9.35. The van der Waals surface area contributed by atoms with Gasteiger partial charge < -0.3 is 4.74 Å². The minimum atomic E-state index is -0.335. The summed E-state index contributed by atoms with van der Waals surface area (Å²) >= 11 is 0. The van der Waals surface area contributed by atoms with Gasteiger partial charge in [-0.25, -0.2) is 4.79 Å². The molecule has 190 valence electrons. The van der Waals surface area contributed by atoms with Gasteiger partial charge in [-0.15, -0.1) is 0 Å². The molecular weight excluding hydrogens is 436 g/mol. The number of methoxy groups -OCH3 is 1. The molecule has 4 heteroatoms. The first-order valence-electron chi connectivity index (χ1n) is 12.8. The van der Waals surface area contributed by atoms with Gasteiger partial charge in [-0.1, -0.05) is 69.7 Å². The predicted octanol–water partition coefficient (Wildman–Crippen LogP) is 6.88. The SMILES string of the molecule is COC(=O)/C(C)=C/C=C/C(C)=C/C=C/C(C)=C1\C(=O)C[C@H]2[C@@]3(C)CCC(=O)C(C)(C)[C@@H]3CC[C@]12C. The average Bonchev–Trinajstić information content (AvgIpc) is 3.07. The van der Waals surface area contributed by atoms with Crippen LogP contribution in [-0.4, -0.2) is 24.6 Å². The molecule has 0 spiro atoms. The number of allylic oxidation sites excluding steroid dienone is 9. The van der Waals surface area contributed by atoms with Gasteiger partial charge in [-0.05, 0) is 62.9 Å². The van der Waals surface area contributed by atoms with Crippen LogP contribution in [0.5, 0.6) is 0 Å². The Morgan fingerprint density at radius 1 is 0.943 bits per heavy atom. The molecule has 0 saturated heterocycles. The van der Waals surface area contributed by atoms with E-state index in [1.165, 1.54) is 7.11 Å². The Morgan fingerprint density at radius 2 is 1.60 bits per heavy atom. The van der Waals surface area contributed by atoms with Gasteiger partial charge in [0.15, 0.2) is 5.78 Å². The Bertz CT molecular complexity index is 1060. The third kappa shape index (κ3) is 4.81. The van der Waals surface area contributed by atoms with Gasteiger partial charge in [-0.2, -0.15) is 0 Å². The van der Waals surface area contributed by atoms with Crippen LogP contribution >= 0.6 is 0 Å². The molecule has 0 unspecified atom stereocenters. The molecule has 0 amide bonds. The summed E-state index contributed by atoms with van der Waals surface area (Å²) in [7, 11) is 1.37. The molecule has 0 aromatic heterocycles. The lowest BCUT2D eigenvalue weighted by atomic mass is 9.43. The number of hydrogen-bond donors (Lipinski definition) is 0. The molecule has 3 aliphatic rings. The summed E-state index contributed by atoms with van der Waals surface area (Å²) in [6, 6.07) is 0. The maximum Gasteiger partial charge on any atom is 0.333 e. The average molecular weight is 479 g/mol. The highest BCUT2D eigenvalue weighted by Crippen LogP contribution is 2.68.